The molecule has 0 fully saturated rings. The van der Waals surface area contributed by atoms with Crippen LogP contribution in [0.25, 0.3) is 0 Å². The second kappa shape index (κ2) is 5.89. The SMILES string of the molecule is N#Cc1cc(F)cc(Oc2ccc(S(=O)(=O)Cl)c3c2CCC3=O)c1. The maximum atomic E-state index is 13.5. The molecule has 0 spiro atoms. The van der Waals surface area contributed by atoms with Crippen molar-refractivity contribution in [1.29, 1.82) is 5.26 Å². The van der Waals surface area contributed by atoms with Crippen LogP contribution in [0.2, 0.25) is 0 Å². The molecule has 122 valence electrons. The van der Waals surface area contributed by atoms with Crippen LogP contribution < -0.4 is 4.74 Å². The first-order valence-electron chi connectivity index (χ1n) is 6.82. The van der Waals surface area contributed by atoms with Crippen LogP contribution in [-0.4, -0.2) is 14.2 Å². The van der Waals surface area contributed by atoms with Gasteiger partial charge < -0.3 is 4.74 Å². The second-order valence-corrected chi connectivity index (χ2v) is 7.70. The molecule has 0 heterocycles. The molecule has 1 aliphatic carbocycles. The lowest BCUT2D eigenvalue weighted by Gasteiger charge is -2.12. The van der Waals surface area contributed by atoms with E-state index in [9.17, 15) is 17.6 Å². The second-order valence-electron chi connectivity index (χ2n) is 5.17. The fourth-order valence-corrected chi connectivity index (χ4v) is 3.73. The quantitative estimate of drug-likeness (QED) is 0.776. The molecular weight excluding hydrogens is 357 g/mol. The van der Waals surface area contributed by atoms with Crippen LogP contribution in [0.3, 0.4) is 0 Å². The van der Waals surface area contributed by atoms with Crippen LogP contribution in [0.5, 0.6) is 11.5 Å². The van der Waals surface area contributed by atoms with Crippen LogP contribution in [0.15, 0.2) is 35.2 Å². The molecule has 0 aliphatic heterocycles. The van der Waals surface area contributed by atoms with E-state index >= 15 is 0 Å². The molecule has 3 rings (SSSR count). The summed E-state index contributed by atoms with van der Waals surface area (Å²) in [5.41, 5.74) is 0.501. The highest BCUT2D eigenvalue weighted by molar-refractivity contribution is 8.13. The van der Waals surface area contributed by atoms with E-state index in [0.29, 0.717) is 12.0 Å². The van der Waals surface area contributed by atoms with Crippen molar-refractivity contribution in [1.82, 2.24) is 0 Å². The summed E-state index contributed by atoms with van der Waals surface area (Å²) in [4.78, 5) is 11.8. The topological polar surface area (TPSA) is 84.2 Å². The van der Waals surface area contributed by atoms with E-state index in [1.165, 1.54) is 18.2 Å². The number of benzene rings is 2. The lowest BCUT2D eigenvalue weighted by atomic mass is 10.1. The average Bonchev–Trinajstić information content (AvgIpc) is 2.88. The summed E-state index contributed by atoms with van der Waals surface area (Å²) in [5.74, 6) is -0.674. The van der Waals surface area contributed by atoms with Crippen LogP contribution in [-0.2, 0) is 15.5 Å². The smallest absolute Gasteiger partial charge is 0.262 e. The molecule has 0 unspecified atom stereocenters. The van der Waals surface area contributed by atoms with Crippen molar-refractivity contribution in [3.8, 4) is 17.6 Å². The molecule has 8 heteroatoms. The number of fused-ring (bicyclic) bond motifs is 1. The molecule has 0 saturated carbocycles. The van der Waals surface area contributed by atoms with Gasteiger partial charge in [-0.25, -0.2) is 12.8 Å². The molecule has 2 aromatic carbocycles. The minimum Gasteiger partial charge on any atom is -0.457 e. The number of carbonyl (C=O) groups is 1. The van der Waals surface area contributed by atoms with Crippen molar-refractivity contribution in [2.24, 2.45) is 0 Å². The molecule has 0 radical (unpaired) electrons. The number of ketones is 1. The Hall–Kier alpha value is -2.43. The van der Waals surface area contributed by atoms with Crippen molar-refractivity contribution in [2.75, 3.05) is 0 Å². The maximum Gasteiger partial charge on any atom is 0.262 e. The monoisotopic (exact) mass is 365 g/mol. The summed E-state index contributed by atoms with van der Waals surface area (Å²) in [5, 5.41) is 8.87. The zero-order valence-electron chi connectivity index (χ0n) is 12.0. The molecule has 2 aromatic rings. The van der Waals surface area contributed by atoms with Crippen molar-refractivity contribution < 1.29 is 22.3 Å². The summed E-state index contributed by atoms with van der Waals surface area (Å²) in [6.45, 7) is 0. The lowest BCUT2D eigenvalue weighted by molar-refractivity contribution is 0.0992. The number of hydrogen-bond acceptors (Lipinski definition) is 5. The number of ether oxygens (including phenoxy) is 1. The molecule has 5 nitrogen and oxygen atoms in total. The standard InChI is InChI=1S/C16H9ClFNO4S/c17-24(21,22)15-4-3-14(12-1-2-13(20)16(12)15)23-11-6-9(8-19)5-10(18)7-11/h3-7H,1-2H2. The number of nitriles is 1. The van der Waals surface area contributed by atoms with E-state index in [4.69, 9.17) is 20.7 Å². The van der Waals surface area contributed by atoms with Gasteiger partial charge in [0.15, 0.2) is 5.78 Å². The van der Waals surface area contributed by atoms with Gasteiger partial charge in [-0.2, -0.15) is 5.26 Å². The molecule has 0 N–H and O–H groups in total. The number of carbonyl (C=O) groups excluding carboxylic acids is 1. The first-order chi connectivity index (χ1) is 11.3. The highest BCUT2D eigenvalue weighted by Gasteiger charge is 2.31. The van der Waals surface area contributed by atoms with Gasteiger partial charge in [0.05, 0.1) is 16.5 Å². The minimum atomic E-state index is -4.08. The number of rotatable bonds is 3. The molecule has 0 bridgehead atoms. The zero-order valence-corrected chi connectivity index (χ0v) is 13.6. The average molecular weight is 366 g/mol. The maximum absolute atomic E-state index is 13.5. The van der Waals surface area contributed by atoms with Gasteiger partial charge in [0.25, 0.3) is 9.05 Å². The zero-order chi connectivity index (χ0) is 17.5. The van der Waals surface area contributed by atoms with Gasteiger partial charge in [-0.15, -0.1) is 0 Å². The third-order valence-electron chi connectivity index (χ3n) is 3.60. The fraction of sp³-hybridized carbons (Fsp3) is 0.125. The Labute approximate surface area is 141 Å². The molecule has 24 heavy (non-hydrogen) atoms. The third-order valence-corrected chi connectivity index (χ3v) is 4.97. The van der Waals surface area contributed by atoms with E-state index in [1.807, 2.05) is 6.07 Å². The van der Waals surface area contributed by atoms with Crippen molar-refractivity contribution >= 4 is 25.5 Å². The molecule has 0 amide bonds. The Balaban J connectivity index is 2.10. The minimum absolute atomic E-state index is 0.0133. The summed E-state index contributed by atoms with van der Waals surface area (Å²) in [6.07, 6.45) is 0.436. The van der Waals surface area contributed by atoms with Crippen molar-refractivity contribution in [3.05, 3.63) is 52.8 Å². The largest absolute Gasteiger partial charge is 0.457 e. The summed E-state index contributed by atoms with van der Waals surface area (Å²) >= 11 is 0. The van der Waals surface area contributed by atoms with Gasteiger partial charge in [-0.1, -0.05) is 0 Å². The molecule has 1 aliphatic rings. The molecule has 0 aromatic heterocycles. The summed E-state index contributed by atoms with van der Waals surface area (Å²) in [7, 11) is 1.30. The van der Waals surface area contributed by atoms with E-state index in [1.54, 1.807) is 0 Å². The van der Waals surface area contributed by atoms with Gasteiger partial charge in [-0.05, 0) is 30.7 Å². The highest BCUT2D eigenvalue weighted by Crippen LogP contribution is 2.38. The van der Waals surface area contributed by atoms with Crippen LogP contribution >= 0.6 is 10.7 Å². The first-order valence-corrected chi connectivity index (χ1v) is 9.13. The van der Waals surface area contributed by atoms with Crippen molar-refractivity contribution in [3.63, 3.8) is 0 Å². The molecule has 0 atom stereocenters. The molecule has 0 saturated heterocycles. The van der Waals surface area contributed by atoms with Gasteiger partial charge >= 0.3 is 0 Å². The predicted molar refractivity (Wildman–Crippen MR) is 83.3 cm³/mol. The number of halogens is 2. The highest BCUT2D eigenvalue weighted by atomic mass is 35.7. The number of nitrogens with zero attached hydrogens (tertiary/aromatic N) is 1. The lowest BCUT2D eigenvalue weighted by Crippen LogP contribution is -2.03. The first kappa shape index (κ1) is 16.4. The predicted octanol–water partition coefficient (Wildman–Crippen LogP) is 3.55. The van der Waals surface area contributed by atoms with E-state index in [2.05, 4.69) is 0 Å². The Kier molecular flexibility index (Phi) is 4.03. The Morgan fingerprint density at radius 3 is 2.62 bits per heavy atom. The third kappa shape index (κ3) is 2.98. The van der Waals surface area contributed by atoms with Crippen molar-refractivity contribution in [2.45, 2.75) is 17.7 Å². The van der Waals surface area contributed by atoms with Crippen LogP contribution in [0.4, 0.5) is 4.39 Å². The summed E-state index contributed by atoms with van der Waals surface area (Å²) in [6, 6.07) is 7.86. The van der Waals surface area contributed by atoms with E-state index in [-0.39, 0.29) is 39.7 Å². The van der Waals surface area contributed by atoms with E-state index in [0.717, 1.165) is 12.1 Å². The Morgan fingerprint density at radius 1 is 1.21 bits per heavy atom. The van der Waals surface area contributed by atoms with Gasteiger partial charge in [0.1, 0.15) is 17.3 Å². The van der Waals surface area contributed by atoms with Gasteiger partial charge in [-0.3, -0.25) is 4.79 Å². The summed E-state index contributed by atoms with van der Waals surface area (Å²) < 4.78 is 42.3. The van der Waals surface area contributed by atoms with Gasteiger partial charge in [0.2, 0.25) is 0 Å². The van der Waals surface area contributed by atoms with Crippen LogP contribution in [0.1, 0.15) is 27.9 Å². The fourth-order valence-electron chi connectivity index (χ4n) is 2.64. The van der Waals surface area contributed by atoms with E-state index < -0.39 is 14.9 Å². The van der Waals surface area contributed by atoms with Gasteiger partial charge in [0, 0.05) is 34.3 Å². The van der Waals surface area contributed by atoms with Crippen LogP contribution in [0, 0.1) is 17.1 Å². The number of Topliss-reactive ketones (excluding diaryl/α,β-unsaturated/α-hetero) is 1. The molecular formula is C16H9ClFNO4S. The Morgan fingerprint density at radius 2 is 1.96 bits per heavy atom. The Bertz CT molecular complexity index is 1010. The normalized spacial score (nSPS) is 13.5. The number of hydrogen-bond donors (Lipinski definition) is 0.